The second kappa shape index (κ2) is 8.50. The zero-order valence-corrected chi connectivity index (χ0v) is 18.3. The molecule has 0 atom stereocenters. The molecule has 1 aliphatic heterocycles. The zero-order valence-electron chi connectivity index (χ0n) is 16.7. The van der Waals surface area contributed by atoms with Gasteiger partial charge in [-0.2, -0.15) is 0 Å². The van der Waals surface area contributed by atoms with Gasteiger partial charge in [0.2, 0.25) is 0 Å². The molecule has 0 radical (unpaired) electrons. The van der Waals surface area contributed by atoms with Crippen LogP contribution in [-0.2, 0) is 15.3 Å². The second-order valence-corrected chi connectivity index (χ2v) is 8.62. The Bertz CT molecular complexity index is 1150. The van der Waals surface area contributed by atoms with Crippen molar-refractivity contribution >= 4 is 46.4 Å². The van der Waals surface area contributed by atoms with Gasteiger partial charge in [0.15, 0.2) is 0 Å². The van der Waals surface area contributed by atoms with Gasteiger partial charge in [-0.05, 0) is 60.4 Å². The van der Waals surface area contributed by atoms with Crippen LogP contribution in [0.2, 0.25) is 5.02 Å². The molecular formula is C25H20ClNO2S. The molecule has 3 aromatic rings. The molecule has 150 valence electrons. The molecule has 0 aromatic heterocycles. The molecular weight excluding hydrogens is 414 g/mol. The number of benzene rings is 3. The third kappa shape index (κ3) is 3.93. The summed E-state index contributed by atoms with van der Waals surface area (Å²) in [4.78, 5) is 28.5. The molecule has 2 amide bonds. The van der Waals surface area contributed by atoms with E-state index >= 15 is 0 Å². The van der Waals surface area contributed by atoms with Crippen LogP contribution in [0, 0.1) is 13.8 Å². The van der Waals surface area contributed by atoms with E-state index in [0.29, 0.717) is 26.9 Å². The Morgan fingerprint density at radius 3 is 2.20 bits per heavy atom. The van der Waals surface area contributed by atoms with Crippen molar-refractivity contribution in [2.45, 2.75) is 19.6 Å². The van der Waals surface area contributed by atoms with Crippen molar-refractivity contribution < 1.29 is 9.59 Å². The predicted molar refractivity (Wildman–Crippen MR) is 125 cm³/mol. The van der Waals surface area contributed by atoms with Crippen LogP contribution in [0.5, 0.6) is 0 Å². The van der Waals surface area contributed by atoms with Gasteiger partial charge in [0, 0.05) is 10.8 Å². The summed E-state index contributed by atoms with van der Waals surface area (Å²) in [5.74, 6) is 0.00969. The molecule has 1 heterocycles. The van der Waals surface area contributed by atoms with Crippen molar-refractivity contribution in [3.05, 3.63) is 105 Å². The molecule has 3 aromatic carbocycles. The summed E-state index contributed by atoms with van der Waals surface area (Å²) in [7, 11) is 0. The van der Waals surface area contributed by atoms with Gasteiger partial charge < -0.3 is 0 Å². The first-order valence-electron chi connectivity index (χ1n) is 9.58. The van der Waals surface area contributed by atoms with Crippen LogP contribution in [0.4, 0.5) is 5.69 Å². The Morgan fingerprint density at radius 2 is 1.53 bits per heavy atom. The number of carbonyl (C=O) groups excluding carboxylic acids is 2. The number of anilines is 1. The van der Waals surface area contributed by atoms with E-state index in [1.807, 2.05) is 62.4 Å². The lowest BCUT2D eigenvalue weighted by atomic mass is 10.0. The monoisotopic (exact) mass is 433 g/mol. The molecule has 3 nitrogen and oxygen atoms in total. The number of nitrogens with zero attached hydrogens (tertiary/aromatic N) is 1. The lowest BCUT2D eigenvalue weighted by molar-refractivity contribution is -0.119. The largest absolute Gasteiger partial charge is 0.272 e. The van der Waals surface area contributed by atoms with Crippen LogP contribution in [-0.4, -0.2) is 11.8 Å². The summed E-state index contributed by atoms with van der Waals surface area (Å²) in [5.41, 5.74) is 5.06. The van der Waals surface area contributed by atoms with E-state index < -0.39 is 0 Å². The van der Waals surface area contributed by atoms with E-state index in [1.165, 1.54) is 16.7 Å². The summed E-state index contributed by atoms with van der Waals surface area (Å²) in [6, 6.07) is 22.6. The highest BCUT2D eigenvalue weighted by Crippen LogP contribution is 2.40. The molecule has 0 spiro atoms. The Morgan fingerprint density at radius 1 is 0.833 bits per heavy atom. The summed E-state index contributed by atoms with van der Waals surface area (Å²) < 4.78 is 0. The highest BCUT2D eigenvalue weighted by atomic mass is 35.5. The highest BCUT2D eigenvalue weighted by molar-refractivity contribution is 8.03. The SMILES string of the molecule is Cc1ccc(C2=C(SCc3ccccc3)C(=O)N(c3ccc(Cl)cc3)C2=O)cc1C. The lowest BCUT2D eigenvalue weighted by Crippen LogP contribution is -2.31. The topological polar surface area (TPSA) is 37.4 Å². The van der Waals surface area contributed by atoms with Gasteiger partial charge in [-0.1, -0.05) is 60.1 Å². The van der Waals surface area contributed by atoms with Crippen molar-refractivity contribution in [2.24, 2.45) is 0 Å². The maximum Gasteiger partial charge on any atom is 0.272 e. The average Bonchev–Trinajstić information content (AvgIpc) is 2.99. The highest BCUT2D eigenvalue weighted by Gasteiger charge is 2.40. The fourth-order valence-electron chi connectivity index (χ4n) is 3.35. The maximum absolute atomic E-state index is 13.4. The van der Waals surface area contributed by atoms with Gasteiger partial charge in [0.25, 0.3) is 11.8 Å². The van der Waals surface area contributed by atoms with Crippen LogP contribution in [0.15, 0.2) is 77.7 Å². The summed E-state index contributed by atoms with van der Waals surface area (Å²) in [6.07, 6.45) is 0. The number of imide groups is 1. The standard InChI is InChI=1S/C25H20ClNO2S/c1-16-8-9-19(14-17(16)2)22-23(30-15-18-6-4-3-5-7-18)25(29)27(24(22)28)21-12-10-20(26)11-13-21/h3-14H,15H2,1-2H3. The Labute approximate surface area is 185 Å². The zero-order chi connectivity index (χ0) is 21.3. The fraction of sp³-hybridized carbons (Fsp3) is 0.120. The van der Waals surface area contributed by atoms with Crippen LogP contribution in [0.25, 0.3) is 5.57 Å². The number of aryl methyl sites for hydroxylation is 2. The van der Waals surface area contributed by atoms with E-state index in [-0.39, 0.29) is 11.8 Å². The number of hydrogen-bond donors (Lipinski definition) is 0. The van der Waals surface area contributed by atoms with Crippen molar-refractivity contribution in [1.29, 1.82) is 0 Å². The normalized spacial score (nSPS) is 14.0. The van der Waals surface area contributed by atoms with E-state index in [0.717, 1.165) is 22.3 Å². The fourth-order valence-corrected chi connectivity index (χ4v) is 4.54. The first-order valence-corrected chi connectivity index (χ1v) is 10.9. The van der Waals surface area contributed by atoms with Crippen LogP contribution in [0.3, 0.4) is 0 Å². The van der Waals surface area contributed by atoms with Crippen molar-refractivity contribution in [1.82, 2.24) is 0 Å². The Balaban J connectivity index is 1.76. The smallest absolute Gasteiger partial charge is 0.268 e. The van der Waals surface area contributed by atoms with Gasteiger partial charge in [-0.25, -0.2) is 4.90 Å². The van der Waals surface area contributed by atoms with Gasteiger partial charge in [0.1, 0.15) is 0 Å². The van der Waals surface area contributed by atoms with E-state index in [9.17, 15) is 9.59 Å². The average molecular weight is 434 g/mol. The molecule has 0 saturated heterocycles. The number of thioether (sulfide) groups is 1. The number of halogens is 1. The van der Waals surface area contributed by atoms with E-state index in [1.54, 1.807) is 24.3 Å². The maximum atomic E-state index is 13.4. The third-order valence-corrected chi connectivity index (χ3v) is 6.54. The Kier molecular flexibility index (Phi) is 5.80. The predicted octanol–water partition coefficient (Wildman–Crippen LogP) is 6.17. The molecule has 1 aliphatic rings. The van der Waals surface area contributed by atoms with Crippen LogP contribution >= 0.6 is 23.4 Å². The Hall–Kier alpha value is -2.82. The van der Waals surface area contributed by atoms with Crippen LogP contribution in [0.1, 0.15) is 22.3 Å². The van der Waals surface area contributed by atoms with Gasteiger partial charge in [-0.3, -0.25) is 9.59 Å². The number of hydrogen-bond acceptors (Lipinski definition) is 3. The summed E-state index contributed by atoms with van der Waals surface area (Å²) in [5, 5.41) is 0.555. The van der Waals surface area contributed by atoms with Gasteiger partial charge in [0.05, 0.1) is 16.2 Å². The number of amides is 2. The van der Waals surface area contributed by atoms with Gasteiger partial charge >= 0.3 is 0 Å². The van der Waals surface area contributed by atoms with E-state index in [2.05, 4.69) is 0 Å². The quantitative estimate of drug-likeness (QED) is 0.451. The second-order valence-electron chi connectivity index (χ2n) is 7.20. The minimum Gasteiger partial charge on any atom is -0.268 e. The molecule has 0 unspecified atom stereocenters. The van der Waals surface area contributed by atoms with Crippen molar-refractivity contribution in [3.63, 3.8) is 0 Å². The number of rotatable bonds is 5. The minimum atomic E-state index is -0.305. The molecule has 0 bridgehead atoms. The first kappa shape index (κ1) is 20.5. The lowest BCUT2D eigenvalue weighted by Gasteiger charge is -2.15. The van der Waals surface area contributed by atoms with Crippen LogP contribution < -0.4 is 4.90 Å². The third-order valence-electron chi connectivity index (χ3n) is 5.15. The molecule has 0 N–H and O–H groups in total. The molecule has 4 rings (SSSR count). The van der Waals surface area contributed by atoms with E-state index in [4.69, 9.17) is 11.6 Å². The molecule has 0 fully saturated rings. The molecule has 0 saturated carbocycles. The van der Waals surface area contributed by atoms with Crippen molar-refractivity contribution in [2.75, 3.05) is 4.90 Å². The number of carbonyl (C=O) groups is 2. The van der Waals surface area contributed by atoms with Crippen molar-refractivity contribution in [3.8, 4) is 0 Å². The molecule has 5 heteroatoms. The first-order chi connectivity index (χ1) is 14.5. The minimum absolute atomic E-state index is 0.295. The van der Waals surface area contributed by atoms with Gasteiger partial charge in [-0.15, -0.1) is 11.8 Å². The summed E-state index contributed by atoms with van der Waals surface area (Å²) in [6.45, 7) is 4.04. The molecule has 30 heavy (non-hydrogen) atoms. The molecule has 0 aliphatic carbocycles. The summed E-state index contributed by atoms with van der Waals surface area (Å²) >= 11 is 7.40.